The first-order chi connectivity index (χ1) is 15.7. The fourth-order valence-electron chi connectivity index (χ4n) is 4.72. The molecule has 0 radical (unpaired) electrons. The number of hydrogen-bond acceptors (Lipinski definition) is 5. The molecule has 166 valence electrons. The number of rotatable bonds is 3. The van der Waals surface area contributed by atoms with Crippen molar-refractivity contribution < 1.29 is 14.6 Å². The first-order valence-electron chi connectivity index (χ1n) is 11.5. The van der Waals surface area contributed by atoms with Crippen LogP contribution in [0.4, 0.5) is 0 Å². The number of ether oxygens (including phenoxy) is 1. The molecule has 1 amide bonds. The van der Waals surface area contributed by atoms with Crippen molar-refractivity contribution in [3.63, 3.8) is 0 Å². The minimum absolute atomic E-state index is 0.175. The molecule has 0 spiro atoms. The van der Waals surface area contributed by atoms with E-state index in [1.807, 2.05) is 30.3 Å². The molecule has 1 saturated heterocycles. The van der Waals surface area contributed by atoms with Crippen LogP contribution in [0.25, 0.3) is 17.2 Å². The van der Waals surface area contributed by atoms with E-state index >= 15 is 0 Å². The van der Waals surface area contributed by atoms with Crippen molar-refractivity contribution in [2.24, 2.45) is 4.99 Å². The Labute approximate surface area is 193 Å². The number of morpholine rings is 1. The molecule has 2 aliphatic heterocycles. The van der Waals surface area contributed by atoms with E-state index in [2.05, 4.69) is 28.1 Å². The molecule has 3 aliphatic rings. The second-order valence-corrected chi connectivity index (χ2v) is 9.65. The van der Waals surface area contributed by atoms with Crippen LogP contribution >= 0.6 is 11.8 Å². The van der Waals surface area contributed by atoms with Gasteiger partial charge >= 0.3 is 0 Å². The molecule has 32 heavy (non-hydrogen) atoms. The molecule has 2 heterocycles. The maximum atomic E-state index is 12.5. The quantitative estimate of drug-likeness (QED) is 0.636. The van der Waals surface area contributed by atoms with Crippen LogP contribution in [0, 0.1) is 0 Å². The number of carbonyl (C=O) groups excluding carboxylic acids is 1. The third-order valence-electron chi connectivity index (χ3n) is 6.48. The van der Waals surface area contributed by atoms with Gasteiger partial charge in [0.2, 0.25) is 0 Å². The van der Waals surface area contributed by atoms with Gasteiger partial charge in [0.15, 0.2) is 5.17 Å². The summed E-state index contributed by atoms with van der Waals surface area (Å²) in [6.07, 6.45) is 7.98. The molecular weight excluding hydrogens is 420 g/mol. The van der Waals surface area contributed by atoms with Crippen molar-refractivity contribution in [2.45, 2.75) is 38.0 Å². The molecule has 2 fully saturated rings. The summed E-state index contributed by atoms with van der Waals surface area (Å²) >= 11 is 1.44. The number of phenolic OH excluding ortho intramolecular Hbond substituents is 1. The molecule has 5 nitrogen and oxygen atoms in total. The van der Waals surface area contributed by atoms with Gasteiger partial charge in [0.05, 0.1) is 18.1 Å². The van der Waals surface area contributed by atoms with E-state index in [1.54, 1.807) is 0 Å². The Morgan fingerprint density at radius 2 is 1.81 bits per heavy atom. The lowest BCUT2D eigenvalue weighted by molar-refractivity contribution is -0.113. The lowest BCUT2D eigenvalue weighted by Crippen LogP contribution is -2.38. The SMILES string of the molecule is O=C1N=C(N2CCOCC2)S/C1=C/c1cccc(-c2ccc(O)c(C3CCCCC3)c2)c1. The summed E-state index contributed by atoms with van der Waals surface area (Å²) in [5.41, 5.74) is 4.22. The molecular formula is C26H28N2O3S. The molecule has 2 aromatic rings. The Morgan fingerprint density at radius 3 is 2.62 bits per heavy atom. The lowest BCUT2D eigenvalue weighted by atomic mass is 9.82. The largest absolute Gasteiger partial charge is 0.508 e. The number of benzene rings is 2. The standard InChI is InChI=1S/C26H28N2O3S/c29-23-10-9-21(17-22(23)19-6-2-1-3-7-19)20-8-4-5-18(15-20)16-24-25(30)27-26(32-24)28-11-13-31-14-12-28/h4-5,8-10,15-17,19,29H,1-3,6-7,11-14H2/b24-16+. The van der Waals surface area contributed by atoms with E-state index in [-0.39, 0.29) is 5.91 Å². The van der Waals surface area contributed by atoms with Crippen molar-refractivity contribution >= 4 is 28.9 Å². The van der Waals surface area contributed by atoms with Gasteiger partial charge in [-0.2, -0.15) is 4.99 Å². The summed E-state index contributed by atoms with van der Waals surface area (Å²) in [6.45, 7) is 2.88. The first kappa shape index (κ1) is 21.3. The smallest absolute Gasteiger partial charge is 0.286 e. The van der Waals surface area contributed by atoms with E-state index in [9.17, 15) is 9.90 Å². The van der Waals surface area contributed by atoms with Crippen molar-refractivity contribution in [1.29, 1.82) is 0 Å². The van der Waals surface area contributed by atoms with Crippen LogP contribution in [0.2, 0.25) is 0 Å². The molecule has 0 unspecified atom stereocenters. The Bertz CT molecular complexity index is 1070. The summed E-state index contributed by atoms with van der Waals surface area (Å²) in [5.74, 6) is 0.669. The van der Waals surface area contributed by atoms with Gasteiger partial charge in [-0.15, -0.1) is 0 Å². The van der Waals surface area contributed by atoms with Crippen LogP contribution in [0.5, 0.6) is 5.75 Å². The van der Waals surface area contributed by atoms with Crippen LogP contribution in [0.1, 0.15) is 49.1 Å². The number of amides is 1. The fraction of sp³-hybridized carbons (Fsp3) is 0.385. The number of aromatic hydroxyl groups is 1. The highest BCUT2D eigenvalue weighted by atomic mass is 32.2. The molecule has 1 aliphatic carbocycles. The van der Waals surface area contributed by atoms with Gasteiger partial charge in [0.1, 0.15) is 5.75 Å². The zero-order chi connectivity index (χ0) is 21.9. The van der Waals surface area contributed by atoms with Gasteiger partial charge in [-0.05, 0) is 77.1 Å². The minimum atomic E-state index is -0.175. The van der Waals surface area contributed by atoms with E-state index < -0.39 is 0 Å². The minimum Gasteiger partial charge on any atom is -0.508 e. The monoisotopic (exact) mass is 448 g/mol. The topological polar surface area (TPSA) is 62.1 Å². The summed E-state index contributed by atoms with van der Waals surface area (Å²) in [4.78, 5) is 19.5. The second kappa shape index (κ2) is 9.51. The molecule has 1 N–H and O–H groups in total. The Morgan fingerprint density at radius 1 is 1.03 bits per heavy atom. The molecule has 2 aromatic carbocycles. The average molecular weight is 449 g/mol. The Kier molecular flexibility index (Phi) is 6.32. The third-order valence-corrected chi connectivity index (χ3v) is 7.53. The van der Waals surface area contributed by atoms with E-state index in [1.165, 1.54) is 31.0 Å². The summed E-state index contributed by atoms with van der Waals surface area (Å²) in [5, 5.41) is 11.2. The van der Waals surface area contributed by atoms with E-state index in [4.69, 9.17) is 4.74 Å². The highest BCUT2D eigenvalue weighted by Crippen LogP contribution is 2.39. The lowest BCUT2D eigenvalue weighted by Gasteiger charge is -2.27. The number of phenols is 1. The van der Waals surface area contributed by atoms with Gasteiger partial charge in [0, 0.05) is 13.1 Å². The van der Waals surface area contributed by atoms with Crippen molar-refractivity contribution in [2.75, 3.05) is 26.3 Å². The number of hydrogen-bond donors (Lipinski definition) is 1. The predicted octanol–water partition coefficient (Wildman–Crippen LogP) is 5.41. The van der Waals surface area contributed by atoms with Crippen LogP contribution in [-0.2, 0) is 9.53 Å². The average Bonchev–Trinajstić information content (AvgIpc) is 3.21. The maximum absolute atomic E-state index is 12.5. The van der Waals surface area contributed by atoms with Crippen LogP contribution in [0.3, 0.4) is 0 Å². The normalized spacial score (nSPS) is 21.2. The summed E-state index contributed by atoms with van der Waals surface area (Å²) in [7, 11) is 0. The number of thioether (sulfide) groups is 1. The van der Waals surface area contributed by atoms with Crippen molar-refractivity contribution in [3.8, 4) is 16.9 Å². The van der Waals surface area contributed by atoms with Gasteiger partial charge in [0.25, 0.3) is 5.91 Å². The molecule has 0 atom stereocenters. The van der Waals surface area contributed by atoms with Gasteiger partial charge in [-0.1, -0.05) is 43.5 Å². The van der Waals surface area contributed by atoms with Gasteiger partial charge in [-0.25, -0.2) is 0 Å². The van der Waals surface area contributed by atoms with Crippen LogP contribution in [-0.4, -0.2) is 47.4 Å². The van der Waals surface area contributed by atoms with Gasteiger partial charge in [-0.3, -0.25) is 4.79 Å². The molecule has 6 heteroatoms. The number of carbonyl (C=O) groups is 1. The number of aliphatic imine (C=N–C) groups is 1. The Hall–Kier alpha value is -2.57. The van der Waals surface area contributed by atoms with E-state index in [0.29, 0.717) is 29.8 Å². The molecule has 0 bridgehead atoms. The summed E-state index contributed by atoms with van der Waals surface area (Å²) in [6, 6.07) is 14.2. The van der Waals surface area contributed by atoms with Crippen LogP contribution in [0.15, 0.2) is 52.4 Å². The fourth-order valence-corrected chi connectivity index (χ4v) is 5.69. The third kappa shape index (κ3) is 4.62. The number of nitrogens with zero attached hydrogens (tertiary/aromatic N) is 2. The zero-order valence-electron chi connectivity index (χ0n) is 18.1. The summed E-state index contributed by atoms with van der Waals surface area (Å²) < 4.78 is 5.40. The van der Waals surface area contributed by atoms with E-state index in [0.717, 1.165) is 53.4 Å². The van der Waals surface area contributed by atoms with Gasteiger partial charge < -0.3 is 14.7 Å². The Balaban J connectivity index is 1.37. The zero-order valence-corrected chi connectivity index (χ0v) is 18.9. The van der Waals surface area contributed by atoms with Crippen LogP contribution < -0.4 is 0 Å². The molecule has 0 aromatic heterocycles. The maximum Gasteiger partial charge on any atom is 0.286 e. The highest BCUT2D eigenvalue weighted by molar-refractivity contribution is 8.18. The first-order valence-corrected chi connectivity index (χ1v) is 12.3. The second-order valence-electron chi connectivity index (χ2n) is 8.64. The van der Waals surface area contributed by atoms with Crippen molar-refractivity contribution in [1.82, 2.24) is 4.90 Å². The molecule has 5 rings (SSSR count). The van der Waals surface area contributed by atoms with Crippen molar-refractivity contribution in [3.05, 3.63) is 58.5 Å². The predicted molar refractivity (Wildman–Crippen MR) is 130 cm³/mol. The number of amidine groups is 1. The molecule has 1 saturated carbocycles. The highest BCUT2D eigenvalue weighted by Gasteiger charge is 2.27.